The molecule has 152 valence electrons. The number of terminal acetylenes is 1. The summed E-state index contributed by atoms with van der Waals surface area (Å²) in [5, 5.41) is 4.19. The minimum Gasteiger partial charge on any atom is -0.337 e. The van der Waals surface area contributed by atoms with Crippen LogP contribution in [0.15, 0.2) is 52.3 Å². The molecule has 0 unspecified atom stereocenters. The maximum Gasteiger partial charge on any atom is 0.280 e. The number of nitrogens with zero attached hydrogens (tertiary/aromatic N) is 6. The van der Waals surface area contributed by atoms with E-state index in [0.29, 0.717) is 34.7 Å². The summed E-state index contributed by atoms with van der Waals surface area (Å²) in [5.74, 6) is 4.98. The number of aromatic nitrogens is 6. The van der Waals surface area contributed by atoms with Gasteiger partial charge in [0.1, 0.15) is 12.9 Å². The molecule has 0 radical (unpaired) electrons. The quantitative estimate of drug-likeness (QED) is 0.480. The maximum atomic E-state index is 12.7. The lowest BCUT2D eigenvalue weighted by Crippen LogP contribution is -2.22. The highest BCUT2D eigenvalue weighted by molar-refractivity contribution is 5.71. The number of fused-ring (bicyclic) bond motifs is 2. The fraction of sp³-hybridized carbons (Fsp3) is 0.261. The molecule has 3 aromatic heterocycles. The molecule has 31 heavy (non-hydrogen) atoms. The number of rotatable bonds is 4. The van der Waals surface area contributed by atoms with Gasteiger partial charge in [-0.05, 0) is 41.5 Å². The third-order valence-electron chi connectivity index (χ3n) is 6.29. The van der Waals surface area contributed by atoms with Gasteiger partial charge in [-0.1, -0.05) is 29.3 Å². The first kappa shape index (κ1) is 17.8. The summed E-state index contributed by atoms with van der Waals surface area (Å²) in [6.07, 6.45) is 11.8. The molecule has 1 saturated carbocycles. The summed E-state index contributed by atoms with van der Waals surface area (Å²) in [7, 11) is 1.77. The highest BCUT2D eigenvalue weighted by atomic mass is 16.5. The van der Waals surface area contributed by atoms with Crippen LogP contribution in [0.4, 0.5) is 0 Å². The van der Waals surface area contributed by atoms with Crippen LogP contribution in [-0.2, 0) is 13.6 Å². The van der Waals surface area contributed by atoms with Crippen LogP contribution in [0.3, 0.4) is 0 Å². The molecule has 6 rings (SSSR count). The number of allylic oxidation sites excluding steroid dienone is 2. The molecule has 0 bridgehead atoms. The van der Waals surface area contributed by atoms with E-state index in [9.17, 15) is 4.79 Å². The van der Waals surface area contributed by atoms with Crippen LogP contribution >= 0.6 is 0 Å². The number of hydrogen-bond acceptors (Lipinski definition) is 6. The van der Waals surface area contributed by atoms with E-state index in [-0.39, 0.29) is 18.0 Å². The lowest BCUT2D eigenvalue weighted by atomic mass is 10.00. The zero-order valence-corrected chi connectivity index (χ0v) is 16.8. The Kier molecular flexibility index (Phi) is 3.74. The number of hydrogen-bond donors (Lipinski definition) is 0. The SMILES string of the molecule is C#Cc1ccc(C2=C[C@@H]3[C@H](C2)[C@H]3c2noc(Cn3cnc4ncn(C)c4c3=O)n2)cc1. The molecule has 8 heteroatoms. The molecule has 3 atom stereocenters. The van der Waals surface area contributed by atoms with Gasteiger partial charge in [-0.25, -0.2) is 9.97 Å². The summed E-state index contributed by atoms with van der Waals surface area (Å²) in [6.45, 7) is 0.185. The van der Waals surface area contributed by atoms with Crippen LogP contribution < -0.4 is 5.56 Å². The second kappa shape index (κ2) is 6.51. The van der Waals surface area contributed by atoms with Crippen molar-refractivity contribution in [3.05, 3.63) is 76.2 Å². The topological polar surface area (TPSA) is 91.6 Å². The van der Waals surface area contributed by atoms with Crippen molar-refractivity contribution in [2.24, 2.45) is 18.9 Å². The molecule has 0 spiro atoms. The number of imidazole rings is 1. The first-order valence-corrected chi connectivity index (χ1v) is 10.1. The van der Waals surface area contributed by atoms with Gasteiger partial charge in [0.05, 0.1) is 6.33 Å². The van der Waals surface area contributed by atoms with Gasteiger partial charge in [0.25, 0.3) is 5.56 Å². The van der Waals surface area contributed by atoms with Crippen molar-refractivity contribution in [2.45, 2.75) is 18.9 Å². The Hall–Kier alpha value is -3.99. The van der Waals surface area contributed by atoms with Gasteiger partial charge in [-0.3, -0.25) is 9.36 Å². The molecule has 4 aromatic rings. The average molecular weight is 410 g/mol. The van der Waals surface area contributed by atoms with Crippen LogP contribution in [-0.4, -0.2) is 29.2 Å². The van der Waals surface area contributed by atoms with E-state index in [1.165, 1.54) is 22.0 Å². The van der Waals surface area contributed by atoms with Crippen molar-refractivity contribution in [3.8, 4) is 12.3 Å². The van der Waals surface area contributed by atoms with E-state index < -0.39 is 0 Å². The highest BCUT2D eigenvalue weighted by Crippen LogP contribution is 2.62. The van der Waals surface area contributed by atoms with E-state index in [1.54, 1.807) is 17.9 Å². The van der Waals surface area contributed by atoms with Gasteiger partial charge in [-0.15, -0.1) is 6.42 Å². The van der Waals surface area contributed by atoms with Crippen LogP contribution in [0.1, 0.15) is 35.2 Å². The molecular weight excluding hydrogens is 392 g/mol. The zero-order valence-electron chi connectivity index (χ0n) is 16.8. The number of aryl methyl sites for hydroxylation is 1. The summed E-state index contributed by atoms with van der Waals surface area (Å²) < 4.78 is 8.57. The van der Waals surface area contributed by atoms with Crippen molar-refractivity contribution in [2.75, 3.05) is 0 Å². The lowest BCUT2D eigenvalue weighted by molar-refractivity contribution is 0.364. The smallest absolute Gasteiger partial charge is 0.280 e. The fourth-order valence-corrected chi connectivity index (χ4v) is 4.60. The summed E-state index contributed by atoms with van der Waals surface area (Å²) in [5.41, 5.74) is 4.15. The van der Waals surface area contributed by atoms with E-state index in [0.717, 1.165) is 12.0 Å². The Morgan fingerprint density at radius 2 is 2.03 bits per heavy atom. The van der Waals surface area contributed by atoms with Crippen molar-refractivity contribution in [3.63, 3.8) is 0 Å². The first-order valence-electron chi connectivity index (χ1n) is 10.1. The Morgan fingerprint density at radius 3 is 2.77 bits per heavy atom. The molecule has 0 aliphatic heterocycles. The minimum absolute atomic E-state index is 0.184. The summed E-state index contributed by atoms with van der Waals surface area (Å²) >= 11 is 0. The Bertz CT molecular complexity index is 1450. The standard InChI is InChI=1S/C23H18N6O2/c1-3-13-4-6-14(7-5-13)15-8-16-17(9-15)19(16)21-26-18(31-27-21)10-29-12-25-22-20(23(29)30)28(2)11-24-22/h1,4-8,11-12,16-17,19H,9-10H2,2H3/t16-,17+,19+/m1/s1. The molecule has 0 N–H and O–H groups in total. The molecule has 3 heterocycles. The molecule has 2 aliphatic rings. The van der Waals surface area contributed by atoms with Gasteiger partial charge < -0.3 is 9.09 Å². The average Bonchev–Trinajstić information content (AvgIpc) is 3.21. The van der Waals surface area contributed by atoms with E-state index in [4.69, 9.17) is 10.9 Å². The molecule has 2 aliphatic carbocycles. The highest BCUT2D eigenvalue weighted by Gasteiger charge is 2.55. The minimum atomic E-state index is -0.184. The molecular formula is C23H18N6O2. The summed E-state index contributed by atoms with van der Waals surface area (Å²) in [6, 6.07) is 8.11. The van der Waals surface area contributed by atoms with E-state index >= 15 is 0 Å². The van der Waals surface area contributed by atoms with Crippen molar-refractivity contribution in [1.29, 1.82) is 0 Å². The van der Waals surface area contributed by atoms with Gasteiger partial charge in [-0.2, -0.15) is 4.98 Å². The molecule has 8 nitrogen and oxygen atoms in total. The Morgan fingerprint density at radius 1 is 1.23 bits per heavy atom. The second-order valence-electron chi connectivity index (χ2n) is 8.14. The van der Waals surface area contributed by atoms with Gasteiger partial charge in [0.15, 0.2) is 17.0 Å². The van der Waals surface area contributed by atoms with E-state index in [1.807, 2.05) is 12.1 Å². The fourth-order valence-electron chi connectivity index (χ4n) is 4.60. The predicted octanol–water partition coefficient (Wildman–Crippen LogP) is 2.36. The maximum absolute atomic E-state index is 12.7. The van der Waals surface area contributed by atoms with Crippen LogP contribution in [0.2, 0.25) is 0 Å². The zero-order chi connectivity index (χ0) is 21.1. The van der Waals surface area contributed by atoms with Gasteiger partial charge >= 0.3 is 0 Å². The molecule has 1 aromatic carbocycles. The van der Waals surface area contributed by atoms with E-state index in [2.05, 4.69) is 44.2 Å². The van der Waals surface area contributed by atoms with Crippen LogP contribution in [0.5, 0.6) is 0 Å². The lowest BCUT2D eigenvalue weighted by Gasteiger charge is -2.05. The van der Waals surface area contributed by atoms with Crippen molar-refractivity contribution >= 4 is 16.7 Å². The third kappa shape index (κ3) is 2.81. The van der Waals surface area contributed by atoms with Crippen LogP contribution in [0, 0.1) is 24.2 Å². The predicted molar refractivity (Wildman–Crippen MR) is 113 cm³/mol. The first-order chi connectivity index (χ1) is 15.1. The summed E-state index contributed by atoms with van der Waals surface area (Å²) in [4.78, 5) is 25.6. The molecule has 1 fully saturated rings. The van der Waals surface area contributed by atoms with Gasteiger partial charge in [0, 0.05) is 18.5 Å². The Labute approximate surface area is 177 Å². The monoisotopic (exact) mass is 410 g/mol. The largest absolute Gasteiger partial charge is 0.337 e. The van der Waals surface area contributed by atoms with Crippen molar-refractivity contribution < 1.29 is 4.52 Å². The normalized spacial score (nSPS) is 21.7. The molecule has 0 saturated heterocycles. The van der Waals surface area contributed by atoms with Crippen LogP contribution in [0.25, 0.3) is 16.7 Å². The Balaban J connectivity index is 1.19. The second-order valence-corrected chi connectivity index (χ2v) is 8.14. The number of benzene rings is 1. The third-order valence-corrected chi connectivity index (χ3v) is 6.29. The van der Waals surface area contributed by atoms with Crippen molar-refractivity contribution in [1.82, 2.24) is 29.2 Å². The van der Waals surface area contributed by atoms with Gasteiger partial charge in [0.2, 0.25) is 5.89 Å². The molecule has 0 amide bonds.